The Kier molecular flexibility index (Phi) is 7.59. The van der Waals surface area contributed by atoms with Crippen LogP contribution in [-0.4, -0.2) is 41.0 Å². The molecule has 0 aliphatic heterocycles. The molecule has 1 unspecified atom stereocenters. The van der Waals surface area contributed by atoms with Crippen molar-refractivity contribution in [2.24, 2.45) is 5.92 Å². The maximum atomic E-state index is 8.96. The number of rotatable bonds is 9. The third kappa shape index (κ3) is 6.11. The van der Waals surface area contributed by atoms with Gasteiger partial charge in [0.15, 0.2) is 5.16 Å². The van der Waals surface area contributed by atoms with Crippen LogP contribution in [0.5, 0.6) is 0 Å². The van der Waals surface area contributed by atoms with E-state index in [2.05, 4.69) is 27.5 Å². The first-order chi connectivity index (χ1) is 9.19. The van der Waals surface area contributed by atoms with Gasteiger partial charge in [0.2, 0.25) is 0 Å². The molecule has 1 rings (SSSR count). The summed E-state index contributed by atoms with van der Waals surface area (Å²) in [6, 6.07) is 1.93. The number of nitrogens with one attached hydrogen (secondary N) is 2. The second-order valence-corrected chi connectivity index (χ2v) is 5.29. The van der Waals surface area contributed by atoms with Crippen LogP contribution in [0.3, 0.4) is 0 Å². The molecule has 1 atom stereocenters. The molecule has 19 heavy (non-hydrogen) atoms. The zero-order valence-electron chi connectivity index (χ0n) is 11.9. The van der Waals surface area contributed by atoms with Gasteiger partial charge < -0.3 is 15.7 Å². The number of anilines is 2. The topological polar surface area (TPSA) is 70.1 Å². The highest BCUT2D eigenvalue weighted by atomic mass is 32.2. The maximum Gasteiger partial charge on any atom is 0.191 e. The molecule has 0 radical (unpaired) electrons. The number of thioether (sulfide) groups is 1. The average molecular weight is 284 g/mol. The Morgan fingerprint density at radius 1 is 1.32 bits per heavy atom. The summed E-state index contributed by atoms with van der Waals surface area (Å²) < 4.78 is 0. The van der Waals surface area contributed by atoms with E-state index in [-0.39, 0.29) is 6.61 Å². The van der Waals surface area contributed by atoms with Gasteiger partial charge in [0.25, 0.3) is 0 Å². The van der Waals surface area contributed by atoms with Crippen LogP contribution in [0.4, 0.5) is 11.6 Å². The lowest BCUT2D eigenvalue weighted by molar-refractivity contribution is 0.229. The molecular formula is C13H24N4OS. The second-order valence-electron chi connectivity index (χ2n) is 4.51. The van der Waals surface area contributed by atoms with Gasteiger partial charge in [-0.25, -0.2) is 9.97 Å². The highest BCUT2D eigenvalue weighted by Crippen LogP contribution is 2.17. The molecule has 6 heteroatoms. The first-order valence-corrected chi connectivity index (χ1v) is 7.93. The minimum atomic E-state index is 0.259. The van der Waals surface area contributed by atoms with Gasteiger partial charge >= 0.3 is 0 Å². The first-order valence-electron chi connectivity index (χ1n) is 6.71. The van der Waals surface area contributed by atoms with Crippen LogP contribution in [-0.2, 0) is 0 Å². The summed E-state index contributed by atoms with van der Waals surface area (Å²) in [7, 11) is 0. The lowest BCUT2D eigenvalue weighted by Crippen LogP contribution is -2.09. The van der Waals surface area contributed by atoms with Crippen LogP contribution in [0, 0.1) is 5.92 Å². The van der Waals surface area contributed by atoms with Crippen LogP contribution >= 0.6 is 11.8 Å². The second kappa shape index (κ2) is 8.98. The van der Waals surface area contributed by atoms with Gasteiger partial charge in [0.1, 0.15) is 11.6 Å². The van der Waals surface area contributed by atoms with Crippen molar-refractivity contribution < 1.29 is 5.11 Å². The van der Waals surface area contributed by atoms with Crippen molar-refractivity contribution in [2.75, 3.05) is 36.6 Å². The Morgan fingerprint density at radius 3 is 2.58 bits per heavy atom. The van der Waals surface area contributed by atoms with E-state index in [1.54, 1.807) is 0 Å². The predicted octanol–water partition coefficient (Wildman–Crippen LogP) is 2.45. The SMILES string of the molecule is CCNc1cc(NCCCC(C)CO)nc(SC)n1. The van der Waals surface area contributed by atoms with Crippen molar-refractivity contribution in [1.29, 1.82) is 0 Å². The van der Waals surface area contributed by atoms with E-state index in [9.17, 15) is 0 Å². The average Bonchev–Trinajstić information content (AvgIpc) is 2.43. The first kappa shape index (κ1) is 16.0. The van der Waals surface area contributed by atoms with Gasteiger partial charge in [-0.1, -0.05) is 18.7 Å². The number of aromatic nitrogens is 2. The summed E-state index contributed by atoms with van der Waals surface area (Å²) in [5.74, 6) is 2.08. The summed E-state index contributed by atoms with van der Waals surface area (Å²) >= 11 is 1.54. The number of hydrogen-bond acceptors (Lipinski definition) is 6. The smallest absolute Gasteiger partial charge is 0.191 e. The molecule has 0 amide bonds. The lowest BCUT2D eigenvalue weighted by Gasteiger charge is -2.11. The molecule has 0 fully saturated rings. The highest BCUT2D eigenvalue weighted by molar-refractivity contribution is 7.98. The van der Waals surface area contributed by atoms with E-state index in [1.807, 2.05) is 19.2 Å². The number of nitrogens with zero attached hydrogens (tertiary/aromatic N) is 2. The lowest BCUT2D eigenvalue weighted by atomic mass is 10.1. The summed E-state index contributed by atoms with van der Waals surface area (Å²) in [5, 5.41) is 16.2. The molecule has 1 heterocycles. The third-order valence-corrected chi connectivity index (χ3v) is 3.29. The van der Waals surface area contributed by atoms with Crippen molar-refractivity contribution in [2.45, 2.75) is 31.8 Å². The minimum absolute atomic E-state index is 0.259. The van der Waals surface area contributed by atoms with Gasteiger partial charge in [-0.05, 0) is 31.9 Å². The molecule has 0 aliphatic rings. The van der Waals surface area contributed by atoms with Gasteiger partial charge in [0, 0.05) is 25.8 Å². The largest absolute Gasteiger partial charge is 0.396 e. The van der Waals surface area contributed by atoms with E-state index in [0.29, 0.717) is 5.92 Å². The van der Waals surface area contributed by atoms with Crippen molar-refractivity contribution in [1.82, 2.24) is 9.97 Å². The molecule has 5 nitrogen and oxygen atoms in total. The predicted molar refractivity (Wildman–Crippen MR) is 82.0 cm³/mol. The Labute approximate surface area is 119 Å². The van der Waals surface area contributed by atoms with Crippen LogP contribution in [0.25, 0.3) is 0 Å². The Balaban J connectivity index is 2.49. The maximum absolute atomic E-state index is 8.96. The number of aliphatic hydroxyl groups excluding tert-OH is 1. The number of hydrogen-bond donors (Lipinski definition) is 3. The van der Waals surface area contributed by atoms with Crippen LogP contribution in [0.15, 0.2) is 11.2 Å². The molecule has 0 saturated heterocycles. The molecular weight excluding hydrogens is 260 g/mol. The standard InChI is InChI=1S/C13H24N4OS/c1-4-14-11-8-12(17-13(16-11)19-3)15-7-5-6-10(2)9-18/h8,10,18H,4-7,9H2,1-3H3,(H2,14,15,16,17). The van der Waals surface area contributed by atoms with Crippen molar-refractivity contribution in [3.05, 3.63) is 6.07 Å². The summed E-state index contributed by atoms with van der Waals surface area (Å²) in [6.45, 7) is 6.07. The van der Waals surface area contributed by atoms with Gasteiger partial charge in [-0.3, -0.25) is 0 Å². The van der Waals surface area contributed by atoms with Gasteiger partial charge in [-0.15, -0.1) is 0 Å². The highest BCUT2D eigenvalue weighted by Gasteiger charge is 2.04. The molecule has 0 aliphatic carbocycles. The Hall–Kier alpha value is -1.01. The van der Waals surface area contributed by atoms with Crippen LogP contribution in [0.2, 0.25) is 0 Å². The van der Waals surface area contributed by atoms with Crippen molar-refractivity contribution in [3.63, 3.8) is 0 Å². The molecule has 0 aromatic carbocycles. The minimum Gasteiger partial charge on any atom is -0.396 e. The Bertz CT molecular complexity index is 376. The summed E-state index contributed by atoms with van der Waals surface area (Å²) in [4.78, 5) is 8.80. The summed E-state index contributed by atoms with van der Waals surface area (Å²) in [5.41, 5.74) is 0. The van der Waals surface area contributed by atoms with Crippen LogP contribution < -0.4 is 10.6 Å². The molecule has 0 bridgehead atoms. The third-order valence-electron chi connectivity index (χ3n) is 2.74. The van der Waals surface area contributed by atoms with Gasteiger partial charge in [0.05, 0.1) is 0 Å². The fourth-order valence-corrected chi connectivity index (χ4v) is 2.02. The molecule has 1 aromatic heterocycles. The van der Waals surface area contributed by atoms with E-state index in [4.69, 9.17) is 5.11 Å². The quantitative estimate of drug-likeness (QED) is 0.367. The van der Waals surface area contributed by atoms with E-state index in [1.165, 1.54) is 11.8 Å². The van der Waals surface area contributed by atoms with E-state index >= 15 is 0 Å². The fourth-order valence-electron chi connectivity index (χ4n) is 1.64. The normalized spacial score (nSPS) is 12.2. The molecule has 3 N–H and O–H groups in total. The van der Waals surface area contributed by atoms with Crippen LogP contribution in [0.1, 0.15) is 26.7 Å². The van der Waals surface area contributed by atoms with Crippen molar-refractivity contribution in [3.8, 4) is 0 Å². The van der Waals surface area contributed by atoms with E-state index < -0.39 is 0 Å². The Morgan fingerprint density at radius 2 is 2.00 bits per heavy atom. The van der Waals surface area contributed by atoms with Gasteiger partial charge in [-0.2, -0.15) is 0 Å². The zero-order chi connectivity index (χ0) is 14.1. The van der Waals surface area contributed by atoms with E-state index in [0.717, 1.165) is 42.7 Å². The molecule has 0 saturated carbocycles. The fraction of sp³-hybridized carbons (Fsp3) is 0.692. The zero-order valence-corrected chi connectivity index (χ0v) is 12.8. The molecule has 0 spiro atoms. The summed E-state index contributed by atoms with van der Waals surface area (Å²) in [6.07, 6.45) is 4.01. The monoisotopic (exact) mass is 284 g/mol. The molecule has 108 valence electrons. The molecule has 1 aromatic rings. The number of aliphatic hydroxyl groups is 1. The van der Waals surface area contributed by atoms with Crippen molar-refractivity contribution >= 4 is 23.4 Å².